The first kappa shape index (κ1) is 17.4. The SMILES string of the molecule is C[C@H](C(=O)N1CCO[C@H](CN(C)CC(N)=O)C1)c1ccccc1. The number of rotatable bonds is 6. The summed E-state index contributed by atoms with van der Waals surface area (Å²) in [4.78, 5) is 27.3. The number of amides is 2. The lowest BCUT2D eigenvalue weighted by atomic mass is 9.99. The van der Waals surface area contributed by atoms with Gasteiger partial charge in [-0.2, -0.15) is 0 Å². The molecule has 1 aliphatic rings. The van der Waals surface area contributed by atoms with Crippen molar-refractivity contribution in [2.45, 2.75) is 18.9 Å². The maximum Gasteiger partial charge on any atom is 0.231 e. The number of nitrogens with two attached hydrogens (primary N) is 1. The number of carbonyl (C=O) groups excluding carboxylic acids is 2. The molecule has 0 bridgehead atoms. The molecule has 0 spiro atoms. The molecule has 2 N–H and O–H groups in total. The van der Waals surface area contributed by atoms with Gasteiger partial charge in [-0.3, -0.25) is 14.5 Å². The Morgan fingerprint density at radius 2 is 2.09 bits per heavy atom. The van der Waals surface area contributed by atoms with Crippen molar-refractivity contribution < 1.29 is 14.3 Å². The van der Waals surface area contributed by atoms with Gasteiger partial charge in [-0.25, -0.2) is 0 Å². The molecule has 0 aromatic heterocycles. The zero-order chi connectivity index (χ0) is 16.8. The Morgan fingerprint density at radius 1 is 1.39 bits per heavy atom. The lowest BCUT2D eigenvalue weighted by Crippen LogP contribution is -2.50. The minimum absolute atomic E-state index is 0.0972. The molecule has 1 aromatic rings. The molecule has 1 heterocycles. The van der Waals surface area contributed by atoms with Gasteiger partial charge in [-0.05, 0) is 19.5 Å². The number of carbonyl (C=O) groups is 2. The van der Waals surface area contributed by atoms with E-state index in [0.717, 1.165) is 5.56 Å². The van der Waals surface area contributed by atoms with Gasteiger partial charge in [0.15, 0.2) is 0 Å². The van der Waals surface area contributed by atoms with E-state index in [-0.39, 0.29) is 30.4 Å². The Morgan fingerprint density at radius 3 is 2.74 bits per heavy atom. The lowest BCUT2D eigenvalue weighted by Gasteiger charge is -2.36. The molecule has 0 radical (unpaired) electrons. The third-order valence-corrected chi connectivity index (χ3v) is 4.06. The fourth-order valence-electron chi connectivity index (χ4n) is 2.87. The monoisotopic (exact) mass is 319 g/mol. The van der Waals surface area contributed by atoms with Crippen LogP contribution in [0.2, 0.25) is 0 Å². The van der Waals surface area contributed by atoms with Gasteiger partial charge in [0.1, 0.15) is 0 Å². The molecule has 126 valence electrons. The molecule has 0 unspecified atom stereocenters. The van der Waals surface area contributed by atoms with Gasteiger partial charge in [0.25, 0.3) is 0 Å². The molecule has 0 saturated carbocycles. The van der Waals surface area contributed by atoms with Crippen LogP contribution < -0.4 is 5.73 Å². The second kappa shape index (κ2) is 8.08. The number of ether oxygens (including phenoxy) is 1. The first-order chi connectivity index (χ1) is 11.0. The van der Waals surface area contributed by atoms with Crippen LogP contribution in [0.3, 0.4) is 0 Å². The van der Waals surface area contributed by atoms with Crippen LogP contribution in [0.1, 0.15) is 18.4 Å². The van der Waals surface area contributed by atoms with E-state index in [0.29, 0.717) is 26.2 Å². The summed E-state index contributed by atoms with van der Waals surface area (Å²) in [5, 5.41) is 0. The number of morpholine rings is 1. The van der Waals surface area contributed by atoms with Crippen molar-refractivity contribution in [1.82, 2.24) is 9.80 Å². The standard InChI is InChI=1S/C17H25N3O3/c1-13(14-6-4-3-5-7-14)17(22)20-8-9-23-15(11-20)10-19(2)12-16(18)21/h3-7,13,15H,8-12H2,1-2H3,(H2,18,21)/t13-,15+/m0/s1. The smallest absolute Gasteiger partial charge is 0.231 e. The van der Waals surface area contributed by atoms with Crippen LogP contribution in [-0.4, -0.2) is 67.6 Å². The van der Waals surface area contributed by atoms with Gasteiger partial charge in [0, 0.05) is 19.6 Å². The van der Waals surface area contributed by atoms with Gasteiger partial charge in [0.05, 0.1) is 25.2 Å². The van der Waals surface area contributed by atoms with Crippen molar-refractivity contribution in [3.05, 3.63) is 35.9 Å². The molecule has 2 rings (SSSR count). The number of hydrogen-bond donors (Lipinski definition) is 1. The highest BCUT2D eigenvalue weighted by atomic mass is 16.5. The maximum absolute atomic E-state index is 12.7. The number of benzene rings is 1. The lowest BCUT2D eigenvalue weighted by molar-refractivity contribution is -0.141. The van der Waals surface area contributed by atoms with Crippen LogP contribution >= 0.6 is 0 Å². The summed E-state index contributed by atoms with van der Waals surface area (Å²) in [6, 6.07) is 9.78. The third-order valence-electron chi connectivity index (χ3n) is 4.06. The van der Waals surface area contributed by atoms with Crippen molar-refractivity contribution in [3.63, 3.8) is 0 Å². The molecule has 23 heavy (non-hydrogen) atoms. The van der Waals surface area contributed by atoms with Crippen molar-refractivity contribution in [2.75, 3.05) is 39.8 Å². The predicted molar refractivity (Wildman–Crippen MR) is 87.9 cm³/mol. The largest absolute Gasteiger partial charge is 0.373 e. The number of primary amides is 1. The van der Waals surface area contributed by atoms with E-state index >= 15 is 0 Å². The molecule has 1 aliphatic heterocycles. The molecular formula is C17H25N3O3. The molecule has 1 saturated heterocycles. The zero-order valence-electron chi connectivity index (χ0n) is 13.8. The Kier molecular flexibility index (Phi) is 6.12. The molecule has 0 aliphatic carbocycles. The summed E-state index contributed by atoms with van der Waals surface area (Å²) in [7, 11) is 1.82. The number of likely N-dealkylation sites (N-methyl/N-ethyl adjacent to an activating group) is 1. The molecule has 1 aromatic carbocycles. The average Bonchev–Trinajstić information content (AvgIpc) is 2.53. The first-order valence-corrected chi connectivity index (χ1v) is 7.89. The fraction of sp³-hybridized carbons (Fsp3) is 0.529. The molecular weight excluding hydrogens is 294 g/mol. The third kappa shape index (κ3) is 5.04. The topological polar surface area (TPSA) is 75.9 Å². The maximum atomic E-state index is 12.7. The van der Waals surface area contributed by atoms with Crippen LogP contribution in [-0.2, 0) is 14.3 Å². The minimum Gasteiger partial charge on any atom is -0.373 e. The van der Waals surface area contributed by atoms with Gasteiger partial charge < -0.3 is 15.4 Å². The summed E-state index contributed by atoms with van der Waals surface area (Å²) in [6.45, 7) is 4.36. The highest BCUT2D eigenvalue weighted by Crippen LogP contribution is 2.19. The summed E-state index contributed by atoms with van der Waals surface area (Å²) in [5.41, 5.74) is 6.21. The van der Waals surface area contributed by atoms with E-state index in [1.807, 2.05) is 54.1 Å². The minimum atomic E-state index is -0.367. The highest BCUT2D eigenvalue weighted by Gasteiger charge is 2.28. The van der Waals surface area contributed by atoms with E-state index in [9.17, 15) is 9.59 Å². The van der Waals surface area contributed by atoms with E-state index in [1.165, 1.54) is 0 Å². The first-order valence-electron chi connectivity index (χ1n) is 7.89. The molecule has 1 fully saturated rings. The van der Waals surface area contributed by atoms with Gasteiger partial charge >= 0.3 is 0 Å². The molecule has 6 nitrogen and oxygen atoms in total. The fourth-order valence-corrected chi connectivity index (χ4v) is 2.87. The van der Waals surface area contributed by atoms with E-state index in [2.05, 4.69) is 0 Å². The Balaban J connectivity index is 1.92. The summed E-state index contributed by atoms with van der Waals surface area (Å²) >= 11 is 0. The Hall–Kier alpha value is -1.92. The average molecular weight is 319 g/mol. The van der Waals surface area contributed by atoms with Crippen LogP contribution in [0.15, 0.2) is 30.3 Å². The Labute approximate surface area is 137 Å². The van der Waals surface area contributed by atoms with Crippen molar-refractivity contribution in [2.24, 2.45) is 5.73 Å². The summed E-state index contributed by atoms with van der Waals surface area (Å²) in [5.74, 6) is -0.422. The van der Waals surface area contributed by atoms with Crippen molar-refractivity contribution in [3.8, 4) is 0 Å². The normalized spacial score (nSPS) is 19.6. The van der Waals surface area contributed by atoms with E-state index in [4.69, 9.17) is 10.5 Å². The second-order valence-corrected chi connectivity index (χ2v) is 6.07. The van der Waals surface area contributed by atoms with Crippen LogP contribution in [0.5, 0.6) is 0 Å². The summed E-state index contributed by atoms with van der Waals surface area (Å²) < 4.78 is 5.71. The van der Waals surface area contributed by atoms with E-state index in [1.54, 1.807) is 0 Å². The Bertz CT molecular complexity index is 535. The number of nitrogens with zero attached hydrogens (tertiary/aromatic N) is 2. The summed E-state index contributed by atoms with van der Waals surface area (Å²) in [6.07, 6.45) is -0.0972. The predicted octanol–water partition coefficient (Wildman–Crippen LogP) is 0.435. The van der Waals surface area contributed by atoms with Gasteiger partial charge in [0.2, 0.25) is 11.8 Å². The molecule has 6 heteroatoms. The number of hydrogen-bond acceptors (Lipinski definition) is 4. The van der Waals surface area contributed by atoms with Crippen LogP contribution in [0.25, 0.3) is 0 Å². The second-order valence-electron chi connectivity index (χ2n) is 6.07. The highest BCUT2D eigenvalue weighted by molar-refractivity contribution is 5.83. The quantitative estimate of drug-likeness (QED) is 0.825. The molecule has 2 amide bonds. The van der Waals surface area contributed by atoms with Gasteiger partial charge in [-0.15, -0.1) is 0 Å². The zero-order valence-corrected chi connectivity index (χ0v) is 13.8. The van der Waals surface area contributed by atoms with Crippen molar-refractivity contribution in [1.29, 1.82) is 0 Å². The molecule has 2 atom stereocenters. The van der Waals surface area contributed by atoms with Crippen molar-refractivity contribution >= 4 is 11.8 Å². The van der Waals surface area contributed by atoms with Gasteiger partial charge in [-0.1, -0.05) is 30.3 Å². The van der Waals surface area contributed by atoms with Crippen LogP contribution in [0, 0.1) is 0 Å². The van der Waals surface area contributed by atoms with Crippen LogP contribution in [0.4, 0.5) is 0 Å². The van der Waals surface area contributed by atoms with E-state index < -0.39 is 0 Å².